The summed E-state index contributed by atoms with van der Waals surface area (Å²) in [7, 11) is 0. The summed E-state index contributed by atoms with van der Waals surface area (Å²) in [6, 6.07) is 0. The summed E-state index contributed by atoms with van der Waals surface area (Å²) >= 11 is 0. The fraction of sp³-hybridized carbons (Fsp3) is 0.810. The van der Waals surface area contributed by atoms with Crippen molar-refractivity contribution in [3.05, 3.63) is 12.2 Å². The fourth-order valence-electron chi connectivity index (χ4n) is 4.66. The van der Waals surface area contributed by atoms with E-state index >= 15 is 0 Å². The molecule has 0 N–H and O–H groups in total. The van der Waals surface area contributed by atoms with E-state index in [4.69, 9.17) is 0 Å². The predicted molar refractivity (Wildman–Crippen MR) is 102 cm³/mol. The molecule has 0 heterocycles. The van der Waals surface area contributed by atoms with Crippen molar-refractivity contribution < 1.29 is 9.59 Å². The Morgan fingerprint density at radius 1 is 0.720 bits per heavy atom. The number of hydrogen-bond acceptors (Lipinski definition) is 2. The average Bonchev–Trinajstić information content (AvgIpc) is 3.21. The molecule has 4 heteroatoms. The van der Waals surface area contributed by atoms with Crippen LogP contribution in [0.5, 0.6) is 0 Å². The van der Waals surface area contributed by atoms with Crippen LogP contribution in [0.3, 0.4) is 0 Å². The second kappa shape index (κ2) is 9.40. The monoisotopic (exact) mass is 348 g/mol. The predicted octanol–water partition coefficient (Wildman–Crippen LogP) is 3.72. The zero-order valence-corrected chi connectivity index (χ0v) is 16.5. The van der Waals surface area contributed by atoms with Gasteiger partial charge in [-0.2, -0.15) is 0 Å². The van der Waals surface area contributed by atoms with Gasteiger partial charge in [-0.05, 0) is 43.9 Å². The van der Waals surface area contributed by atoms with Gasteiger partial charge in [-0.25, -0.2) is 0 Å². The van der Waals surface area contributed by atoms with Gasteiger partial charge in [-0.3, -0.25) is 9.59 Å². The van der Waals surface area contributed by atoms with Crippen LogP contribution in [0.1, 0.15) is 59.8 Å². The molecule has 0 aliphatic heterocycles. The lowest BCUT2D eigenvalue weighted by molar-refractivity contribution is -0.147. The Hall–Kier alpha value is -1.32. The second-order valence-corrected chi connectivity index (χ2v) is 7.65. The van der Waals surface area contributed by atoms with Crippen LogP contribution in [-0.4, -0.2) is 47.8 Å². The van der Waals surface area contributed by atoms with E-state index in [1.165, 1.54) is 0 Å². The average molecular weight is 349 g/mol. The van der Waals surface area contributed by atoms with Crippen molar-refractivity contribution in [3.8, 4) is 0 Å². The number of carbonyl (C=O) groups is 2. The molecule has 0 saturated heterocycles. The molecule has 0 aromatic rings. The number of hydrogen-bond donors (Lipinski definition) is 0. The van der Waals surface area contributed by atoms with Crippen molar-refractivity contribution in [3.63, 3.8) is 0 Å². The van der Waals surface area contributed by atoms with Crippen LogP contribution >= 0.6 is 0 Å². The van der Waals surface area contributed by atoms with Gasteiger partial charge in [0.1, 0.15) is 0 Å². The normalized spacial score (nSPS) is 26.9. The van der Waals surface area contributed by atoms with Gasteiger partial charge >= 0.3 is 0 Å². The van der Waals surface area contributed by atoms with Gasteiger partial charge in [-0.15, -0.1) is 0 Å². The molecule has 1 saturated carbocycles. The summed E-state index contributed by atoms with van der Waals surface area (Å²) in [5.41, 5.74) is 0. The molecule has 2 bridgehead atoms. The number of rotatable bonds is 10. The highest BCUT2D eigenvalue weighted by Gasteiger charge is 2.53. The Bertz CT molecular complexity index is 434. The third-order valence-electron chi connectivity index (χ3n) is 5.63. The first-order valence-electron chi connectivity index (χ1n) is 10.3. The number of amides is 2. The number of nitrogens with zero attached hydrogens (tertiary/aromatic N) is 2. The Morgan fingerprint density at radius 3 is 1.32 bits per heavy atom. The summed E-state index contributed by atoms with van der Waals surface area (Å²) in [5.74, 6) is 0.660. The zero-order valence-electron chi connectivity index (χ0n) is 16.5. The molecule has 4 unspecified atom stereocenters. The number of allylic oxidation sites excluding steroid dienone is 2. The summed E-state index contributed by atoms with van der Waals surface area (Å²) in [6.45, 7) is 11.7. The highest BCUT2D eigenvalue weighted by atomic mass is 16.2. The lowest BCUT2D eigenvalue weighted by Gasteiger charge is -2.34. The van der Waals surface area contributed by atoms with E-state index in [0.29, 0.717) is 0 Å². The van der Waals surface area contributed by atoms with E-state index < -0.39 is 0 Å². The molecule has 2 aliphatic carbocycles. The summed E-state index contributed by atoms with van der Waals surface area (Å²) < 4.78 is 0. The summed E-state index contributed by atoms with van der Waals surface area (Å²) in [6.07, 6.45) is 9.24. The summed E-state index contributed by atoms with van der Waals surface area (Å²) in [5, 5.41) is 0. The highest BCUT2D eigenvalue weighted by molar-refractivity contribution is 5.90. The first kappa shape index (κ1) is 20.0. The van der Waals surface area contributed by atoms with E-state index in [2.05, 4.69) is 39.8 Å². The van der Waals surface area contributed by atoms with Gasteiger partial charge in [0.2, 0.25) is 11.8 Å². The second-order valence-electron chi connectivity index (χ2n) is 7.65. The van der Waals surface area contributed by atoms with Gasteiger partial charge in [0.15, 0.2) is 0 Å². The highest BCUT2D eigenvalue weighted by Crippen LogP contribution is 2.49. The lowest BCUT2D eigenvalue weighted by Crippen LogP contribution is -2.47. The Kier molecular flexibility index (Phi) is 7.52. The van der Waals surface area contributed by atoms with Gasteiger partial charge in [0.25, 0.3) is 0 Å². The molecule has 0 radical (unpaired) electrons. The molecule has 0 aromatic heterocycles. The van der Waals surface area contributed by atoms with Crippen LogP contribution in [0.4, 0.5) is 0 Å². The molecule has 2 rings (SSSR count). The maximum absolute atomic E-state index is 13.3. The molecule has 142 valence electrons. The van der Waals surface area contributed by atoms with Crippen LogP contribution in [0.2, 0.25) is 0 Å². The van der Waals surface area contributed by atoms with Gasteiger partial charge in [-0.1, -0.05) is 39.8 Å². The third-order valence-corrected chi connectivity index (χ3v) is 5.63. The smallest absolute Gasteiger partial charge is 0.227 e. The van der Waals surface area contributed by atoms with Gasteiger partial charge < -0.3 is 9.80 Å². The minimum atomic E-state index is -0.142. The van der Waals surface area contributed by atoms with Crippen molar-refractivity contribution in [2.75, 3.05) is 26.2 Å². The minimum Gasteiger partial charge on any atom is -0.342 e. The van der Waals surface area contributed by atoms with Crippen LogP contribution in [0, 0.1) is 23.7 Å². The Morgan fingerprint density at radius 2 is 1.04 bits per heavy atom. The topological polar surface area (TPSA) is 40.6 Å². The first-order chi connectivity index (χ1) is 12.1. The van der Waals surface area contributed by atoms with E-state index in [1.807, 2.05) is 9.80 Å². The summed E-state index contributed by atoms with van der Waals surface area (Å²) in [4.78, 5) is 30.6. The molecule has 0 aromatic carbocycles. The third kappa shape index (κ3) is 4.27. The van der Waals surface area contributed by atoms with Crippen molar-refractivity contribution in [1.82, 2.24) is 9.80 Å². The maximum atomic E-state index is 13.3. The standard InChI is InChI=1S/C21H36N2O2/c1-5-11-22(12-6-2)20(24)18-16-9-10-17(15-16)19(18)21(25)23(13-7-3)14-8-4/h9-10,16-19H,5-8,11-15H2,1-4H3. The molecular weight excluding hydrogens is 312 g/mol. The molecule has 4 atom stereocenters. The molecule has 1 fully saturated rings. The molecule has 25 heavy (non-hydrogen) atoms. The van der Waals surface area contributed by atoms with Crippen molar-refractivity contribution in [2.45, 2.75) is 59.8 Å². The number of carbonyl (C=O) groups excluding carboxylic acids is 2. The van der Waals surface area contributed by atoms with Crippen LogP contribution in [-0.2, 0) is 9.59 Å². The van der Waals surface area contributed by atoms with Crippen molar-refractivity contribution in [2.24, 2.45) is 23.7 Å². The maximum Gasteiger partial charge on any atom is 0.227 e. The largest absolute Gasteiger partial charge is 0.342 e. The number of fused-ring (bicyclic) bond motifs is 2. The molecule has 4 nitrogen and oxygen atoms in total. The Labute approximate surface area is 153 Å². The van der Waals surface area contributed by atoms with Crippen molar-refractivity contribution >= 4 is 11.8 Å². The Balaban J connectivity index is 2.21. The van der Waals surface area contributed by atoms with E-state index in [9.17, 15) is 9.59 Å². The molecule has 2 aliphatic rings. The first-order valence-corrected chi connectivity index (χ1v) is 10.3. The molecule has 2 amide bonds. The van der Waals surface area contributed by atoms with E-state index in [1.54, 1.807) is 0 Å². The van der Waals surface area contributed by atoms with E-state index in [0.717, 1.165) is 58.3 Å². The SMILES string of the molecule is CCCN(CCC)C(=O)C1C2C=CC(C2)C1C(=O)N(CCC)CCC. The van der Waals surface area contributed by atoms with E-state index in [-0.39, 0.29) is 35.5 Å². The minimum absolute atomic E-state index is 0.142. The van der Waals surface area contributed by atoms with Crippen molar-refractivity contribution in [1.29, 1.82) is 0 Å². The lowest BCUT2D eigenvalue weighted by atomic mass is 9.80. The fourth-order valence-corrected chi connectivity index (χ4v) is 4.66. The van der Waals surface area contributed by atoms with Gasteiger partial charge in [0.05, 0.1) is 11.8 Å². The van der Waals surface area contributed by atoms with Crippen LogP contribution < -0.4 is 0 Å². The quantitative estimate of drug-likeness (QED) is 0.565. The molecular formula is C21H36N2O2. The van der Waals surface area contributed by atoms with Crippen LogP contribution in [0.15, 0.2) is 12.2 Å². The van der Waals surface area contributed by atoms with Gasteiger partial charge in [0, 0.05) is 26.2 Å². The zero-order chi connectivity index (χ0) is 18.4. The van der Waals surface area contributed by atoms with Crippen LogP contribution in [0.25, 0.3) is 0 Å². The molecule has 0 spiro atoms.